The average molecular weight is 201 g/mol. The van der Waals surface area contributed by atoms with Crippen LogP contribution in [0.15, 0.2) is 0 Å². The Morgan fingerprint density at radius 3 is 2.21 bits per heavy atom. The van der Waals surface area contributed by atoms with Crippen LogP contribution in [0.25, 0.3) is 0 Å². The fraction of sp³-hybridized carbons (Fsp3) is 0.909. The minimum atomic E-state index is -0.361. The number of carbonyl (C=O) groups is 1. The van der Waals surface area contributed by atoms with Crippen molar-refractivity contribution in [3.05, 3.63) is 0 Å². The van der Waals surface area contributed by atoms with Crippen LogP contribution in [0, 0.1) is 5.41 Å². The van der Waals surface area contributed by atoms with E-state index in [1.807, 2.05) is 27.7 Å². The van der Waals surface area contributed by atoms with Gasteiger partial charge in [-0.25, -0.2) is 0 Å². The second-order valence-electron chi connectivity index (χ2n) is 5.29. The van der Waals surface area contributed by atoms with Gasteiger partial charge in [0, 0.05) is 12.5 Å². The molecule has 2 unspecified atom stereocenters. The summed E-state index contributed by atoms with van der Waals surface area (Å²) in [7, 11) is 0. The highest BCUT2D eigenvalue weighted by Crippen LogP contribution is 2.18. The fourth-order valence-corrected chi connectivity index (χ4v) is 1.38. The van der Waals surface area contributed by atoms with Crippen molar-refractivity contribution in [2.45, 2.75) is 59.6 Å². The van der Waals surface area contributed by atoms with E-state index in [4.69, 9.17) is 5.11 Å². The molecule has 2 atom stereocenters. The molecule has 0 aromatic carbocycles. The van der Waals surface area contributed by atoms with E-state index in [9.17, 15) is 4.79 Å². The summed E-state index contributed by atoms with van der Waals surface area (Å²) in [5.74, 6) is 0.0608. The summed E-state index contributed by atoms with van der Waals surface area (Å²) >= 11 is 0. The van der Waals surface area contributed by atoms with Crippen LogP contribution in [0.5, 0.6) is 0 Å². The SMILES string of the molecule is CC(O)CC(C)NC(=O)CC(C)(C)C. The van der Waals surface area contributed by atoms with E-state index in [1.165, 1.54) is 0 Å². The molecule has 0 saturated carbocycles. The van der Waals surface area contributed by atoms with Crippen molar-refractivity contribution < 1.29 is 9.90 Å². The molecule has 0 fully saturated rings. The van der Waals surface area contributed by atoms with Gasteiger partial charge >= 0.3 is 0 Å². The number of carbonyl (C=O) groups excluding carboxylic acids is 1. The predicted octanol–water partition coefficient (Wildman–Crippen LogP) is 1.70. The van der Waals surface area contributed by atoms with E-state index in [0.29, 0.717) is 12.8 Å². The van der Waals surface area contributed by atoms with E-state index < -0.39 is 0 Å². The van der Waals surface area contributed by atoms with Gasteiger partial charge in [0.1, 0.15) is 0 Å². The molecule has 1 amide bonds. The third-order valence-electron chi connectivity index (χ3n) is 1.79. The van der Waals surface area contributed by atoms with Crippen molar-refractivity contribution in [2.24, 2.45) is 5.41 Å². The Morgan fingerprint density at radius 2 is 1.86 bits per heavy atom. The minimum Gasteiger partial charge on any atom is -0.393 e. The molecule has 0 aliphatic rings. The first kappa shape index (κ1) is 13.4. The van der Waals surface area contributed by atoms with E-state index in [0.717, 1.165) is 0 Å². The third kappa shape index (κ3) is 8.05. The van der Waals surface area contributed by atoms with Gasteiger partial charge in [-0.15, -0.1) is 0 Å². The summed E-state index contributed by atoms with van der Waals surface area (Å²) in [5, 5.41) is 12.0. The summed E-state index contributed by atoms with van der Waals surface area (Å²) in [4.78, 5) is 11.5. The second kappa shape index (κ2) is 5.35. The molecule has 0 rings (SSSR count). The number of hydrogen-bond donors (Lipinski definition) is 2. The van der Waals surface area contributed by atoms with E-state index in [2.05, 4.69) is 5.32 Å². The molecular weight excluding hydrogens is 178 g/mol. The highest BCUT2D eigenvalue weighted by atomic mass is 16.3. The van der Waals surface area contributed by atoms with Gasteiger partial charge in [-0.05, 0) is 25.7 Å². The largest absolute Gasteiger partial charge is 0.393 e. The number of aliphatic hydroxyl groups excluding tert-OH is 1. The van der Waals surface area contributed by atoms with Crippen molar-refractivity contribution in [1.29, 1.82) is 0 Å². The molecule has 0 aliphatic carbocycles. The van der Waals surface area contributed by atoms with Gasteiger partial charge in [-0.3, -0.25) is 4.79 Å². The normalized spacial score (nSPS) is 16.1. The molecule has 0 radical (unpaired) electrons. The van der Waals surface area contributed by atoms with Crippen molar-refractivity contribution >= 4 is 5.91 Å². The number of nitrogens with one attached hydrogen (secondary N) is 1. The van der Waals surface area contributed by atoms with Crippen LogP contribution in [0.4, 0.5) is 0 Å². The van der Waals surface area contributed by atoms with E-state index in [1.54, 1.807) is 6.92 Å². The molecule has 2 N–H and O–H groups in total. The molecule has 0 bridgehead atoms. The van der Waals surface area contributed by atoms with Crippen molar-refractivity contribution in [3.63, 3.8) is 0 Å². The zero-order chi connectivity index (χ0) is 11.4. The van der Waals surface area contributed by atoms with Crippen LogP contribution < -0.4 is 5.32 Å². The van der Waals surface area contributed by atoms with Crippen LogP contribution in [-0.2, 0) is 4.79 Å². The molecule has 3 nitrogen and oxygen atoms in total. The first-order valence-corrected chi connectivity index (χ1v) is 5.18. The maximum atomic E-state index is 11.5. The monoisotopic (exact) mass is 201 g/mol. The maximum Gasteiger partial charge on any atom is 0.220 e. The van der Waals surface area contributed by atoms with Crippen molar-refractivity contribution in [1.82, 2.24) is 5.32 Å². The van der Waals surface area contributed by atoms with Gasteiger partial charge in [0.2, 0.25) is 5.91 Å². The summed E-state index contributed by atoms with van der Waals surface area (Å²) < 4.78 is 0. The van der Waals surface area contributed by atoms with Crippen LogP contribution in [0.2, 0.25) is 0 Å². The summed E-state index contributed by atoms with van der Waals surface area (Å²) in [5.41, 5.74) is 0.0225. The Hall–Kier alpha value is -0.570. The van der Waals surface area contributed by atoms with Crippen LogP contribution in [0.1, 0.15) is 47.5 Å². The van der Waals surface area contributed by atoms with Gasteiger partial charge in [-0.1, -0.05) is 20.8 Å². The lowest BCUT2D eigenvalue weighted by molar-refractivity contribution is -0.123. The Balaban J connectivity index is 3.83. The molecule has 0 saturated heterocycles. The maximum absolute atomic E-state index is 11.5. The molecule has 84 valence electrons. The smallest absolute Gasteiger partial charge is 0.220 e. The standard InChI is InChI=1S/C11H23NO2/c1-8(6-9(2)13)12-10(14)7-11(3,4)5/h8-9,13H,6-7H2,1-5H3,(H,12,14). The second-order valence-corrected chi connectivity index (χ2v) is 5.29. The predicted molar refractivity (Wildman–Crippen MR) is 58.0 cm³/mol. The lowest BCUT2D eigenvalue weighted by Crippen LogP contribution is -2.36. The molecule has 14 heavy (non-hydrogen) atoms. The molecule has 0 spiro atoms. The molecule has 3 heteroatoms. The van der Waals surface area contributed by atoms with Gasteiger partial charge in [-0.2, -0.15) is 0 Å². The van der Waals surface area contributed by atoms with E-state index in [-0.39, 0.29) is 23.5 Å². The van der Waals surface area contributed by atoms with Gasteiger partial charge in [0.15, 0.2) is 0 Å². The van der Waals surface area contributed by atoms with Crippen LogP contribution in [0.3, 0.4) is 0 Å². The van der Waals surface area contributed by atoms with Gasteiger partial charge in [0.05, 0.1) is 6.10 Å². The van der Waals surface area contributed by atoms with E-state index >= 15 is 0 Å². The zero-order valence-electron chi connectivity index (χ0n) is 9.92. The van der Waals surface area contributed by atoms with Crippen molar-refractivity contribution in [2.75, 3.05) is 0 Å². The highest BCUT2D eigenvalue weighted by Gasteiger charge is 2.17. The van der Waals surface area contributed by atoms with Crippen LogP contribution in [-0.4, -0.2) is 23.2 Å². The zero-order valence-corrected chi connectivity index (χ0v) is 9.92. The topological polar surface area (TPSA) is 49.3 Å². The summed E-state index contributed by atoms with van der Waals surface area (Å²) in [6.07, 6.45) is 0.771. The first-order chi connectivity index (χ1) is 6.20. The Labute approximate surface area is 86.9 Å². The number of amides is 1. The lowest BCUT2D eigenvalue weighted by Gasteiger charge is -2.20. The minimum absolute atomic E-state index is 0.0225. The lowest BCUT2D eigenvalue weighted by atomic mass is 9.92. The van der Waals surface area contributed by atoms with Crippen molar-refractivity contribution in [3.8, 4) is 0 Å². The Morgan fingerprint density at radius 1 is 1.36 bits per heavy atom. The quantitative estimate of drug-likeness (QED) is 0.727. The number of rotatable bonds is 4. The third-order valence-corrected chi connectivity index (χ3v) is 1.79. The number of aliphatic hydroxyl groups is 1. The molecular formula is C11H23NO2. The molecule has 0 aromatic rings. The summed E-state index contributed by atoms with van der Waals surface area (Å²) in [6.45, 7) is 9.74. The van der Waals surface area contributed by atoms with Gasteiger partial charge < -0.3 is 10.4 Å². The van der Waals surface area contributed by atoms with Gasteiger partial charge in [0.25, 0.3) is 0 Å². The molecule has 0 aromatic heterocycles. The number of hydrogen-bond acceptors (Lipinski definition) is 2. The average Bonchev–Trinajstić information content (AvgIpc) is 1.77. The fourth-order valence-electron chi connectivity index (χ4n) is 1.38. The first-order valence-electron chi connectivity index (χ1n) is 5.18. The molecule has 0 aliphatic heterocycles. The molecule has 0 heterocycles. The van der Waals surface area contributed by atoms with Crippen LogP contribution >= 0.6 is 0 Å². The summed E-state index contributed by atoms with van der Waals surface area (Å²) in [6, 6.07) is 0.0462. The Bertz CT molecular complexity index is 182. The Kier molecular flexibility index (Phi) is 5.13. The highest BCUT2D eigenvalue weighted by molar-refractivity contribution is 5.76.